The number of hydrogen-bond acceptors (Lipinski definition) is 0. The lowest BCUT2D eigenvalue weighted by Gasteiger charge is -2.20. The van der Waals surface area contributed by atoms with Gasteiger partial charge in [-0.05, 0) is 95.0 Å². The topological polar surface area (TPSA) is 0 Å². The first-order chi connectivity index (χ1) is 24.3. The molecule has 0 aliphatic carbocycles. The molecule has 0 aliphatic heterocycles. The van der Waals surface area contributed by atoms with Crippen LogP contribution in [0.3, 0.4) is 0 Å². The SMILES string of the molecule is c1ccc([SiH2]c2ccc3c(-c4cc(-c5ccccc5)cc(-c5ccccc5)c4)c4ccccc4c(-c4cccc5ccccc45)c3c2)cc1. The Kier molecular flexibility index (Phi) is 7.46. The Hall–Kier alpha value is -6.02. The van der Waals surface area contributed by atoms with Gasteiger partial charge < -0.3 is 0 Å². The molecule has 49 heavy (non-hydrogen) atoms. The molecule has 0 heterocycles. The van der Waals surface area contributed by atoms with Gasteiger partial charge in [-0.1, -0.05) is 186 Å². The summed E-state index contributed by atoms with van der Waals surface area (Å²) in [4.78, 5) is 0. The Balaban J connectivity index is 1.39. The second-order valence-corrected chi connectivity index (χ2v) is 14.9. The average molecular weight is 639 g/mol. The number of rotatable bonds is 6. The largest absolute Gasteiger partial charge is 0.0875 e. The summed E-state index contributed by atoms with van der Waals surface area (Å²) in [7, 11) is -0.669. The lowest BCUT2D eigenvalue weighted by Crippen LogP contribution is -2.26. The molecule has 0 fully saturated rings. The predicted molar refractivity (Wildman–Crippen MR) is 215 cm³/mol. The van der Waals surface area contributed by atoms with Crippen molar-refractivity contribution in [2.24, 2.45) is 0 Å². The van der Waals surface area contributed by atoms with Crippen LogP contribution in [-0.2, 0) is 0 Å². The summed E-state index contributed by atoms with van der Waals surface area (Å²) in [5, 5.41) is 10.6. The smallest absolute Gasteiger partial charge is 0.0633 e. The van der Waals surface area contributed by atoms with Crippen molar-refractivity contribution >= 4 is 52.2 Å². The fourth-order valence-corrected chi connectivity index (χ4v) is 9.10. The highest BCUT2D eigenvalue weighted by Crippen LogP contribution is 2.46. The Labute approximate surface area is 289 Å². The molecule has 0 unspecified atom stereocenters. The van der Waals surface area contributed by atoms with E-state index >= 15 is 0 Å². The molecule has 0 aliphatic rings. The molecule has 0 spiro atoms. The monoisotopic (exact) mass is 638 g/mol. The van der Waals surface area contributed by atoms with Gasteiger partial charge in [0.05, 0.1) is 9.52 Å². The molecule has 9 aromatic rings. The van der Waals surface area contributed by atoms with E-state index in [1.807, 2.05) is 0 Å². The minimum Gasteiger partial charge on any atom is -0.0633 e. The first-order valence-corrected chi connectivity index (χ1v) is 18.5. The summed E-state index contributed by atoms with van der Waals surface area (Å²) in [6.45, 7) is 0. The van der Waals surface area contributed by atoms with Gasteiger partial charge in [0, 0.05) is 0 Å². The molecule has 0 atom stereocenters. The van der Waals surface area contributed by atoms with Crippen LogP contribution in [-0.4, -0.2) is 9.52 Å². The zero-order valence-corrected chi connectivity index (χ0v) is 28.6. The highest BCUT2D eigenvalue weighted by Gasteiger charge is 2.20. The maximum absolute atomic E-state index is 2.51. The van der Waals surface area contributed by atoms with Crippen LogP contribution in [0.25, 0.3) is 76.8 Å². The molecule has 0 saturated heterocycles. The average Bonchev–Trinajstić information content (AvgIpc) is 3.18. The van der Waals surface area contributed by atoms with Crippen LogP contribution >= 0.6 is 0 Å². The molecule has 1 heteroatoms. The highest BCUT2D eigenvalue weighted by molar-refractivity contribution is 6.67. The van der Waals surface area contributed by atoms with Crippen LogP contribution in [0, 0.1) is 0 Å². The van der Waals surface area contributed by atoms with Crippen LogP contribution in [0.1, 0.15) is 0 Å². The lowest BCUT2D eigenvalue weighted by atomic mass is 9.83. The summed E-state index contributed by atoms with van der Waals surface area (Å²) in [6.07, 6.45) is 0. The van der Waals surface area contributed by atoms with Gasteiger partial charge in [-0.2, -0.15) is 0 Å². The molecular formula is C48H34Si. The second kappa shape index (κ2) is 12.5. The van der Waals surface area contributed by atoms with Gasteiger partial charge >= 0.3 is 0 Å². The third-order valence-corrected chi connectivity index (χ3v) is 11.6. The summed E-state index contributed by atoms with van der Waals surface area (Å²) in [5.41, 5.74) is 10.0. The quantitative estimate of drug-likeness (QED) is 0.126. The van der Waals surface area contributed by atoms with Crippen molar-refractivity contribution in [3.8, 4) is 44.5 Å². The maximum atomic E-state index is 2.51. The molecule has 9 rings (SSSR count). The molecule has 0 bridgehead atoms. The first kappa shape index (κ1) is 29.1. The standard InChI is InChI=1S/C48H34Si/c1-4-15-33(16-5-1)36-29-37(34-17-6-2-7-18-34)31-38(30-36)47-43-24-12-13-25-44(43)48(42-26-14-20-35-19-10-11-23-41(35)42)46-32-40(27-28-45(46)47)49-39-21-8-3-9-22-39/h1-32H,49H2. The summed E-state index contributed by atoms with van der Waals surface area (Å²) in [6, 6.07) is 71.7. The van der Waals surface area contributed by atoms with E-state index in [4.69, 9.17) is 0 Å². The number of hydrogen-bond donors (Lipinski definition) is 0. The Morgan fingerprint density at radius 2 is 0.776 bits per heavy atom. The molecule has 230 valence electrons. The summed E-state index contributed by atoms with van der Waals surface area (Å²) >= 11 is 0. The van der Waals surface area contributed by atoms with E-state index in [9.17, 15) is 0 Å². The van der Waals surface area contributed by atoms with Gasteiger partial charge in [0.25, 0.3) is 0 Å². The van der Waals surface area contributed by atoms with E-state index in [1.54, 1.807) is 0 Å². The van der Waals surface area contributed by atoms with Gasteiger partial charge in [0.2, 0.25) is 0 Å². The van der Waals surface area contributed by atoms with Gasteiger partial charge in [-0.3, -0.25) is 0 Å². The number of fused-ring (bicyclic) bond motifs is 3. The molecule has 0 amide bonds. The van der Waals surface area contributed by atoms with Gasteiger partial charge in [-0.25, -0.2) is 0 Å². The molecule has 0 aromatic heterocycles. The first-order valence-electron chi connectivity index (χ1n) is 17.1. The highest BCUT2D eigenvalue weighted by atomic mass is 28.2. The van der Waals surface area contributed by atoms with E-state index in [1.165, 1.54) is 87.2 Å². The van der Waals surface area contributed by atoms with E-state index in [0.29, 0.717) is 0 Å². The van der Waals surface area contributed by atoms with Crippen LogP contribution in [0.5, 0.6) is 0 Å². The molecular weight excluding hydrogens is 605 g/mol. The minimum absolute atomic E-state index is 0.669. The third kappa shape index (κ3) is 5.45. The van der Waals surface area contributed by atoms with E-state index < -0.39 is 9.52 Å². The Morgan fingerprint density at radius 3 is 1.45 bits per heavy atom. The fraction of sp³-hybridized carbons (Fsp3) is 0. The molecule has 0 radical (unpaired) electrons. The Morgan fingerprint density at radius 1 is 0.265 bits per heavy atom. The second-order valence-electron chi connectivity index (χ2n) is 12.9. The molecule has 9 aromatic carbocycles. The van der Waals surface area contributed by atoms with Crippen molar-refractivity contribution in [3.05, 3.63) is 194 Å². The van der Waals surface area contributed by atoms with Gasteiger partial charge in [0.15, 0.2) is 0 Å². The normalized spacial score (nSPS) is 11.6. The van der Waals surface area contributed by atoms with E-state index in [0.717, 1.165) is 0 Å². The van der Waals surface area contributed by atoms with Crippen molar-refractivity contribution in [2.75, 3.05) is 0 Å². The molecule has 0 nitrogen and oxygen atoms in total. The van der Waals surface area contributed by atoms with Crippen LogP contribution in [0.2, 0.25) is 0 Å². The number of benzene rings is 9. The van der Waals surface area contributed by atoms with Gasteiger partial charge in [-0.15, -0.1) is 0 Å². The summed E-state index contributed by atoms with van der Waals surface area (Å²) in [5.74, 6) is 0. The van der Waals surface area contributed by atoms with Crippen molar-refractivity contribution in [1.29, 1.82) is 0 Å². The zero-order chi connectivity index (χ0) is 32.6. The molecule has 0 saturated carbocycles. The van der Waals surface area contributed by atoms with E-state index in [-0.39, 0.29) is 0 Å². The predicted octanol–water partition coefficient (Wildman–Crippen LogP) is 10.9. The fourth-order valence-electron chi connectivity index (χ4n) is 7.58. The van der Waals surface area contributed by atoms with Gasteiger partial charge in [0.1, 0.15) is 0 Å². The van der Waals surface area contributed by atoms with E-state index in [2.05, 4.69) is 194 Å². The van der Waals surface area contributed by atoms with Crippen molar-refractivity contribution in [1.82, 2.24) is 0 Å². The molecule has 0 N–H and O–H groups in total. The van der Waals surface area contributed by atoms with Crippen molar-refractivity contribution < 1.29 is 0 Å². The van der Waals surface area contributed by atoms with Crippen LogP contribution in [0.4, 0.5) is 0 Å². The van der Waals surface area contributed by atoms with Crippen LogP contribution in [0.15, 0.2) is 194 Å². The van der Waals surface area contributed by atoms with Crippen molar-refractivity contribution in [3.63, 3.8) is 0 Å². The van der Waals surface area contributed by atoms with Crippen LogP contribution < -0.4 is 10.4 Å². The van der Waals surface area contributed by atoms with Crippen molar-refractivity contribution in [2.45, 2.75) is 0 Å². The summed E-state index contributed by atoms with van der Waals surface area (Å²) < 4.78 is 0. The Bertz CT molecular complexity index is 2540. The maximum Gasteiger partial charge on any atom is 0.0875 e. The zero-order valence-electron chi connectivity index (χ0n) is 27.2. The third-order valence-electron chi connectivity index (χ3n) is 9.83. The minimum atomic E-state index is -0.669. The lowest BCUT2D eigenvalue weighted by molar-refractivity contribution is 1.58.